The average molecular weight is 290 g/mol. The molecule has 1 rings (SSSR count). The van der Waals surface area contributed by atoms with Crippen molar-refractivity contribution in [2.24, 2.45) is 5.41 Å². The molecule has 1 aliphatic rings. The van der Waals surface area contributed by atoms with Crippen LogP contribution in [-0.2, 0) is 9.84 Å². The van der Waals surface area contributed by atoms with E-state index in [1.54, 1.807) is 0 Å². The summed E-state index contributed by atoms with van der Waals surface area (Å²) in [6.45, 7) is 12.6. The zero-order chi connectivity index (χ0) is 14.7. The van der Waals surface area contributed by atoms with Crippen molar-refractivity contribution in [2.45, 2.75) is 59.0 Å². The predicted molar refractivity (Wildman–Crippen MR) is 81.2 cm³/mol. The van der Waals surface area contributed by atoms with Gasteiger partial charge in [-0.3, -0.25) is 0 Å². The Morgan fingerprint density at radius 1 is 1.21 bits per heavy atom. The lowest BCUT2D eigenvalue weighted by molar-refractivity contribution is 0.240. The first kappa shape index (κ1) is 16.9. The lowest BCUT2D eigenvalue weighted by Crippen LogP contribution is -2.48. The zero-order valence-corrected chi connectivity index (χ0v) is 13.9. The van der Waals surface area contributed by atoms with Gasteiger partial charge in [0.2, 0.25) is 0 Å². The van der Waals surface area contributed by atoms with Gasteiger partial charge >= 0.3 is 0 Å². The maximum atomic E-state index is 11.5. The Kier molecular flexibility index (Phi) is 5.43. The monoisotopic (exact) mass is 290 g/mol. The minimum absolute atomic E-state index is 0.0891. The van der Waals surface area contributed by atoms with Crippen molar-refractivity contribution < 1.29 is 8.42 Å². The van der Waals surface area contributed by atoms with Crippen molar-refractivity contribution in [2.75, 3.05) is 24.6 Å². The van der Waals surface area contributed by atoms with Crippen LogP contribution in [0.15, 0.2) is 0 Å². The lowest BCUT2D eigenvalue weighted by atomic mass is 9.82. The van der Waals surface area contributed by atoms with Crippen LogP contribution in [0.4, 0.5) is 0 Å². The van der Waals surface area contributed by atoms with E-state index in [2.05, 4.69) is 45.3 Å². The summed E-state index contributed by atoms with van der Waals surface area (Å²) in [5.74, 6) is 0.570. The van der Waals surface area contributed by atoms with Gasteiger partial charge in [0.1, 0.15) is 0 Å². The maximum Gasteiger partial charge on any atom is 0.153 e. The molecule has 1 fully saturated rings. The number of rotatable bonds is 5. The van der Waals surface area contributed by atoms with Crippen LogP contribution in [0.3, 0.4) is 0 Å². The minimum atomic E-state index is -2.82. The summed E-state index contributed by atoms with van der Waals surface area (Å²) in [5, 5.41) is 6.85. The number of hydrogen-bond donors (Lipinski definition) is 2. The molecule has 0 amide bonds. The van der Waals surface area contributed by atoms with Crippen molar-refractivity contribution in [3.05, 3.63) is 0 Å². The largest absolute Gasteiger partial charge is 0.312 e. The summed E-state index contributed by atoms with van der Waals surface area (Å²) >= 11 is 0. The van der Waals surface area contributed by atoms with Gasteiger partial charge in [-0.1, -0.05) is 20.8 Å². The molecule has 0 aromatic heterocycles. The van der Waals surface area contributed by atoms with Gasteiger partial charge in [-0.15, -0.1) is 0 Å². The Balaban J connectivity index is 2.34. The van der Waals surface area contributed by atoms with Gasteiger partial charge in [-0.25, -0.2) is 8.42 Å². The Labute approximate surface area is 118 Å². The lowest BCUT2D eigenvalue weighted by Gasteiger charge is -2.34. The fraction of sp³-hybridized carbons (Fsp3) is 1.00. The van der Waals surface area contributed by atoms with Crippen molar-refractivity contribution >= 4 is 9.84 Å². The van der Waals surface area contributed by atoms with Crippen LogP contribution in [0.5, 0.6) is 0 Å². The fourth-order valence-corrected chi connectivity index (χ4v) is 4.52. The summed E-state index contributed by atoms with van der Waals surface area (Å²) in [7, 11) is -2.82. The third-order valence-electron chi connectivity index (χ3n) is 3.37. The molecular weight excluding hydrogens is 260 g/mol. The van der Waals surface area contributed by atoms with Gasteiger partial charge in [-0.05, 0) is 38.6 Å². The molecule has 1 saturated heterocycles. The third-order valence-corrected chi connectivity index (χ3v) is 5.11. The third kappa shape index (κ3) is 7.28. The molecule has 0 bridgehead atoms. The SMILES string of the molecule is CC(C)(C)CC(C)(C)NCCC1CS(=O)(=O)CCN1. The van der Waals surface area contributed by atoms with Crippen molar-refractivity contribution in [3.8, 4) is 0 Å². The first-order valence-corrected chi connectivity index (χ1v) is 9.00. The molecule has 1 atom stereocenters. The summed E-state index contributed by atoms with van der Waals surface area (Å²) in [6.07, 6.45) is 1.96. The molecule has 0 spiro atoms. The number of hydrogen-bond acceptors (Lipinski definition) is 4. The Morgan fingerprint density at radius 2 is 1.84 bits per heavy atom. The molecule has 1 heterocycles. The molecule has 4 nitrogen and oxygen atoms in total. The first-order chi connectivity index (χ1) is 8.49. The first-order valence-electron chi connectivity index (χ1n) is 7.18. The molecule has 1 unspecified atom stereocenters. The van der Waals surface area contributed by atoms with Gasteiger partial charge in [0, 0.05) is 18.1 Å². The van der Waals surface area contributed by atoms with E-state index in [9.17, 15) is 8.42 Å². The Hall–Kier alpha value is -0.130. The van der Waals surface area contributed by atoms with Gasteiger partial charge in [-0.2, -0.15) is 0 Å². The van der Waals surface area contributed by atoms with Gasteiger partial charge in [0.15, 0.2) is 9.84 Å². The van der Waals surface area contributed by atoms with Crippen LogP contribution in [-0.4, -0.2) is 44.6 Å². The second-order valence-corrected chi connectivity index (χ2v) is 9.83. The second-order valence-electron chi connectivity index (χ2n) is 7.60. The van der Waals surface area contributed by atoms with Gasteiger partial charge in [0.05, 0.1) is 11.5 Å². The maximum absolute atomic E-state index is 11.5. The Morgan fingerprint density at radius 3 is 2.37 bits per heavy atom. The van der Waals surface area contributed by atoms with Crippen molar-refractivity contribution in [1.82, 2.24) is 10.6 Å². The van der Waals surface area contributed by atoms with E-state index in [4.69, 9.17) is 0 Å². The molecular formula is C14H30N2O2S. The topological polar surface area (TPSA) is 58.2 Å². The normalized spacial score (nSPS) is 24.4. The molecule has 0 aromatic rings. The highest BCUT2D eigenvalue weighted by Crippen LogP contribution is 2.26. The van der Waals surface area contributed by atoms with Crippen LogP contribution in [0.25, 0.3) is 0 Å². The smallest absolute Gasteiger partial charge is 0.153 e. The molecule has 114 valence electrons. The van der Waals surface area contributed by atoms with Gasteiger partial charge in [0.25, 0.3) is 0 Å². The highest BCUT2D eigenvalue weighted by atomic mass is 32.2. The molecule has 0 aliphatic carbocycles. The molecule has 0 radical (unpaired) electrons. The van der Waals surface area contributed by atoms with Crippen molar-refractivity contribution in [3.63, 3.8) is 0 Å². The second kappa shape index (κ2) is 6.10. The van der Waals surface area contributed by atoms with Crippen LogP contribution < -0.4 is 10.6 Å². The van der Waals surface area contributed by atoms with E-state index in [0.29, 0.717) is 12.0 Å². The summed E-state index contributed by atoms with van der Waals surface area (Å²) in [5.41, 5.74) is 0.384. The quantitative estimate of drug-likeness (QED) is 0.807. The highest BCUT2D eigenvalue weighted by Gasteiger charge is 2.27. The standard InChI is InChI=1S/C14H30N2O2S/c1-13(2,3)11-14(4,5)16-7-6-12-10-19(17,18)9-8-15-12/h12,15-16H,6-11H2,1-5H3. The zero-order valence-electron chi connectivity index (χ0n) is 13.0. The molecule has 2 N–H and O–H groups in total. The molecule has 5 heteroatoms. The van der Waals surface area contributed by atoms with Gasteiger partial charge < -0.3 is 10.6 Å². The molecule has 19 heavy (non-hydrogen) atoms. The number of nitrogens with one attached hydrogen (secondary N) is 2. The van der Waals surface area contributed by atoms with Crippen LogP contribution >= 0.6 is 0 Å². The highest BCUT2D eigenvalue weighted by molar-refractivity contribution is 7.91. The van der Waals surface area contributed by atoms with Crippen LogP contribution in [0.2, 0.25) is 0 Å². The average Bonchev–Trinajstić information content (AvgIpc) is 2.11. The van der Waals surface area contributed by atoms with E-state index in [1.807, 2.05) is 0 Å². The van der Waals surface area contributed by atoms with Crippen LogP contribution in [0.1, 0.15) is 47.5 Å². The van der Waals surface area contributed by atoms with E-state index >= 15 is 0 Å². The van der Waals surface area contributed by atoms with E-state index < -0.39 is 9.84 Å². The minimum Gasteiger partial charge on any atom is -0.312 e. The van der Waals surface area contributed by atoms with E-state index in [0.717, 1.165) is 19.4 Å². The summed E-state index contributed by atoms with van der Waals surface area (Å²) in [6, 6.07) is 0.108. The van der Waals surface area contributed by atoms with Crippen LogP contribution in [0, 0.1) is 5.41 Å². The molecule has 1 aliphatic heterocycles. The van der Waals surface area contributed by atoms with Crippen molar-refractivity contribution in [1.29, 1.82) is 0 Å². The molecule has 0 aromatic carbocycles. The summed E-state index contributed by atoms with van der Waals surface area (Å²) in [4.78, 5) is 0. The predicted octanol–water partition coefficient (Wildman–Crippen LogP) is 1.57. The van der Waals surface area contributed by atoms with E-state index in [-0.39, 0.29) is 23.1 Å². The fourth-order valence-electron chi connectivity index (χ4n) is 3.03. The summed E-state index contributed by atoms with van der Waals surface area (Å²) < 4.78 is 23.1. The number of sulfone groups is 1. The van der Waals surface area contributed by atoms with E-state index in [1.165, 1.54) is 0 Å². The Bertz CT molecular complexity index is 383. The molecule has 0 saturated carbocycles.